The highest BCUT2D eigenvalue weighted by molar-refractivity contribution is 5.18. The molecule has 0 aromatic carbocycles. The summed E-state index contributed by atoms with van der Waals surface area (Å²) in [6.07, 6.45) is 1.57. The molecule has 8 heavy (non-hydrogen) atoms. The average Bonchev–Trinajstić information content (AvgIpc) is 2.12. The van der Waals surface area contributed by atoms with Crippen molar-refractivity contribution < 1.29 is 9.47 Å². The van der Waals surface area contributed by atoms with Crippen molar-refractivity contribution in [3.8, 4) is 0 Å². The van der Waals surface area contributed by atoms with Crippen LogP contribution in [0.2, 0.25) is 0 Å². The summed E-state index contributed by atoms with van der Waals surface area (Å²) in [5.41, 5.74) is 0.905. The van der Waals surface area contributed by atoms with Crippen LogP contribution in [-0.2, 0) is 9.47 Å². The van der Waals surface area contributed by atoms with Gasteiger partial charge in [-0.2, -0.15) is 0 Å². The molecule has 0 unspecified atom stereocenters. The standard InChI is InChI=1S/C6H8O2/c1-5(2)6-3-7-4-8-6/h3H,1,4H2,2H3. The van der Waals surface area contributed by atoms with Crippen molar-refractivity contribution in [2.24, 2.45) is 0 Å². The van der Waals surface area contributed by atoms with Crippen LogP contribution >= 0.6 is 0 Å². The lowest BCUT2D eigenvalue weighted by molar-refractivity contribution is 0.0832. The topological polar surface area (TPSA) is 18.5 Å². The van der Waals surface area contributed by atoms with Crippen LogP contribution < -0.4 is 0 Å². The second kappa shape index (κ2) is 1.90. The Kier molecular flexibility index (Phi) is 1.24. The van der Waals surface area contributed by atoms with Crippen LogP contribution in [0.1, 0.15) is 6.92 Å². The maximum atomic E-state index is 4.95. The van der Waals surface area contributed by atoms with E-state index < -0.39 is 0 Å². The van der Waals surface area contributed by atoms with E-state index in [9.17, 15) is 0 Å². The zero-order chi connectivity index (χ0) is 5.98. The van der Waals surface area contributed by atoms with Crippen molar-refractivity contribution in [1.29, 1.82) is 0 Å². The zero-order valence-corrected chi connectivity index (χ0v) is 4.81. The summed E-state index contributed by atoms with van der Waals surface area (Å²) in [5.74, 6) is 0.755. The van der Waals surface area contributed by atoms with Crippen molar-refractivity contribution >= 4 is 0 Å². The predicted molar refractivity (Wildman–Crippen MR) is 29.9 cm³/mol. The van der Waals surface area contributed by atoms with Gasteiger partial charge in [0, 0.05) is 0 Å². The van der Waals surface area contributed by atoms with E-state index in [2.05, 4.69) is 6.58 Å². The van der Waals surface area contributed by atoms with Gasteiger partial charge in [0.2, 0.25) is 6.79 Å². The highest BCUT2D eigenvalue weighted by Gasteiger charge is 2.04. The maximum absolute atomic E-state index is 4.95. The van der Waals surface area contributed by atoms with Crippen LogP contribution in [0.4, 0.5) is 0 Å². The van der Waals surface area contributed by atoms with E-state index in [1.807, 2.05) is 6.92 Å². The lowest BCUT2D eigenvalue weighted by atomic mass is 10.3. The Morgan fingerprint density at radius 3 is 2.88 bits per heavy atom. The normalized spacial score (nSPS) is 16.4. The maximum Gasteiger partial charge on any atom is 0.230 e. The number of rotatable bonds is 1. The Morgan fingerprint density at radius 1 is 1.88 bits per heavy atom. The van der Waals surface area contributed by atoms with E-state index in [1.54, 1.807) is 6.26 Å². The van der Waals surface area contributed by atoms with E-state index in [0.717, 1.165) is 11.3 Å². The van der Waals surface area contributed by atoms with E-state index in [0.29, 0.717) is 6.79 Å². The summed E-state index contributed by atoms with van der Waals surface area (Å²) in [5, 5.41) is 0. The zero-order valence-electron chi connectivity index (χ0n) is 4.81. The summed E-state index contributed by atoms with van der Waals surface area (Å²) < 4.78 is 9.73. The molecule has 0 spiro atoms. The Bertz CT molecular complexity index is 135. The molecule has 1 heterocycles. The minimum Gasteiger partial charge on any atom is -0.461 e. The van der Waals surface area contributed by atoms with Gasteiger partial charge >= 0.3 is 0 Å². The van der Waals surface area contributed by atoms with Gasteiger partial charge in [0.15, 0.2) is 5.76 Å². The third-order valence-corrected chi connectivity index (χ3v) is 0.893. The van der Waals surface area contributed by atoms with E-state index in [1.165, 1.54) is 0 Å². The molecule has 0 N–H and O–H groups in total. The molecule has 44 valence electrons. The summed E-state index contributed by atoms with van der Waals surface area (Å²) in [6, 6.07) is 0. The highest BCUT2D eigenvalue weighted by atomic mass is 16.7. The molecule has 1 aliphatic heterocycles. The molecular formula is C6H8O2. The van der Waals surface area contributed by atoms with Crippen molar-refractivity contribution in [3.05, 3.63) is 24.2 Å². The van der Waals surface area contributed by atoms with Gasteiger partial charge in [-0.1, -0.05) is 6.58 Å². The van der Waals surface area contributed by atoms with Crippen LogP contribution in [0.15, 0.2) is 24.2 Å². The van der Waals surface area contributed by atoms with E-state index in [-0.39, 0.29) is 0 Å². The van der Waals surface area contributed by atoms with Gasteiger partial charge in [-0.3, -0.25) is 0 Å². The van der Waals surface area contributed by atoms with Gasteiger partial charge in [0.1, 0.15) is 6.26 Å². The second-order valence-electron chi connectivity index (χ2n) is 1.69. The summed E-state index contributed by atoms with van der Waals surface area (Å²) in [6.45, 7) is 5.87. The fourth-order valence-corrected chi connectivity index (χ4v) is 0.465. The first-order valence-electron chi connectivity index (χ1n) is 2.41. The molecule has 0 saturated carbocycles. The fraction of sp³-hybridized carbons (Fsp3) is 0.333. The molecule has 1 rings (SSSR count). The lowest BCUT2D eigenvalue weighted by Crippen LogP contribution is -1.84. The Balaban J connectivity index is 2.57. The molecule has 0 fully saturated rings. The molecule has 1 aliphatic rings. The first-order valence-corrected chi connectivity index (χ1v) is 2.41. The quantitative estimate of drug-likeness (QED) is 0.510. The molecule has 0 aromatic heterocycles. The fourth-order valence-electron chi connectivity index (χ4n) is 0.465. The van der Waals surface area contributed by atoms with E-state index in [4.69, 9.17) is 9.47 Å². The van der Waals surface area contributed by atoms with Gasteiger partial charge in [0.05, 0.1) is 0 Å². The second-order valence-corrected chi connectivity index (χ2v) is 1.69. The minimum atomic E-state index is 0.336. The largest absolute Gasteiger partial charge is 0.461 e. The summed E-state index contributed by atoms with van der Waals surface area (Å²) >= 11 is 0. The van der Waals surface area contributed by atoms with E-state index >= 15 is 0 Å². The Hall–Kier alpha value is -0.920. The smallest absolute Gasteiger partial charge is 0.230 e. The minimum absolute atomic E-state index is 0.336. The third-order valence-electron chi connectivity index (χ3n) is 0.893. The van der Waals surface area contributed by atoms with Crippen LogP contribution in [0.25, 0.3) is 0 Å². The number of ether oxygens (including phenoxy) is 2. The first kappa shape index (κ1) is 5.22. The Morgan fingerprint density at radius 2 is 2.62 bits per heavy atom. The number of allylic oxidation sites excluding steroid dienone is 1. The van der Waals surface area contributed by atoms with Crippen molar-refractivity contribution in [1.82, 2.24) is 0 Å². The highest BCUT2D eigenvalue weighted by Crippen LogP contribution is 2.13. The van der Waals surface area contributed by atoms with Crippen LogP contribution in [-0.4, -0.2) is 6.79 Å². The average molecular weight is 112 g/mol. The van der Waals surface area contributed by atoms with Gasteiger partial charge in [-0.25, -0.2) is 0 Å². The van der Waals surface area contributed by atoms with Crippen molar-refractivity contribution in [2.75, 3.05) is 6.79 Å². The van der Waals surface area contributed by atoms with Gasteiger partial charge < -0.3 is 9.47 Å². The Labute approximate surface area is 48.4 Å². The van der Waals surface area contributed by atoms with Gasteiger partial charge in [-0.05, 0) is 12.5 Å². The molecule has 0 aromatic rings. The first-order chi connectivity index (χ1) is 3.80. The van der Waals surface area contributed by atoms with Crippen molar-refractivity contribution in [3.63, 3.8) is 0 Å². The molecule has 0 aliphatic carbocycles. The van der Waals surface area contributed by atoms with Crippen LogP contribution in [0.3, 0.4) is 0 Å². The summed E-state index contributed by atoms with van der Waals surface area (Å²) in [7, 11) is 0. The summed E-state index contributed by atoms with van der Waals surface area (Å²) in [4.78, 5) is 0. The molecular weight excluding hydrogens is 104 g/mol. The molecule has 2 nitrogen and oxygen atoms in total. The molecule has 0 atom stereocenters. The molecule has 0 bridgehead atoms. The number of hydrogen-bond donors (Lipinski definition) is 0. The lowest BCUT2D eigenvalue weighted by Gasteiger charge is -1.95. The SMILES string of the molecule is C=C(C)C1=COCO1. The number of hydrogen-bond acceptors (Lipinski definition) is 2. The monoisotopic (exact) mass is 112 g/mol. The van der Waals surface area contributed by atoms with Gasteiger partial charge in [0.25, 0.3) is 0 Å². The molecule has 0 radical (unpaired) electrons. The molecule has 2 heteroatoms. The third kappa shape index (κ3) is 0.832. The van der Waals surface area contributed by atoms with Crippen LogP contribution in [0.5, 0.6) is 0 Å². The molecule has 0 saturated heterocycles. The molecule has 0 amide bonds. The van der Waals surface area contributed by atoms with Crippen molar-refractivity contribution in [2.45, 2.75) is 6.92 Å². The van der Waals surface area contributed by atoms with Crippen LogP contribution in [0, 0.1) is 0 Å². The predicted octanol–water partition coefficient (Wildman–Crippen LogP) is 1.41. The van der Waals surface area contributed by atoms with Gasteiger partial charge in [-0.15, -0.1) is 0 Å².